The van der Waals surface area contributed by atoms with E-state index in [1.54, 1.807) is 12.4 Å². The molecule has 0 saturated carbocycles. The molecule has 0 spiro atoms. The van der Waals surface area contributed by atoms with Crippen LogP contribution in [0.15, 0.2) is 41.6 Å². The number of hydrogen-bond donors (Lipinski definition) is 1. The minimum atomic E-state index is -3.45. The number of aromatic nitrogens is 2. The van der Waals surface area contributed by atoms with Gasteiger partial charge in [0.2, 0.25) is 0 Å². The molecule has 6 nitrogen and oxygen atoms in total. The predicted octanol–water partition coefficient (Wildman–Crippen LogP) is 1.62. The van der Waals surface area contributed by atoms with E-state index in [1.807, 2.05) is 11.5 Å². The summed E-state index contributed by atoms with van der Waals surface area (Å²) < 4.78 is 26.3. The van der Waals surface area contributed by atoms with Crippen LogP contribution in [0.1, 0.15) is 23.1 Å². The van der Waals surface area contributed by atoms with E-state index in [4.69, 9.17) is 5.11 Å². The lowest BCUT2D eigenvalue weighted by Gasteiger charge is -2.08. The number of aromatic carboxylic acids is 1. The Morgan fingerprint density at radius 1 is 1.29 bits per heavy atom. The van der Waals surface area contributed by atoms with E-state index < -0.39 is 15.8 Å². The first-order valence-corrected chi connectivity index (χ1v) is 8.15. The maximum absolute atomic E-state index is 12.2. The maximum atomic E-state index is 12.2. The second-order valence-corrected chi connectivity index (χ2v) is 6.65. The molecule has 0 saturated heterocycles. The molecular weight excluding hydrogens is 292 g/mol. The summed E-state index contributed by atoms with van der Waals surface area (Å²) in [7, 11) is -3.45. The van der Waals surface area contributed by atoms with Gasteiger partial charge >= 0.3 is 5.97 Å². The van der Waals surface area contributed by atoms with Gasteiger partial charge < -0.3 is 9.67 Å². The summed E-state index contributed by atoms with van der Waals surface area (Å²) in [4.78, 5) is 15.0. The summed E-state index contributed by atoms with van der Waals surface area (Å²) in [6.07, 6.45) is 4.13. The van der Waals surface area contributed by atoms with E-state index in [0.29, 0.717) is 6.54 Å². The first-order chi connectivity index (χ1) is 9.94. The number of imidazole rings is 1. The molecule has 0 bridgehead atoms. The molecule has 1 aromatic carbocycles. The van der Waals surface area contributed by atoms with Gasteiger partial charge in [-0.2, -0.15) is 0 Å². The summed E-state index contributed by atoms with van der Waals surface area (Å²) in [5.74, 6) is -0.292. The predicted molar refractivity (Wildman–Crippen MR) is 77.1 cm³/mol. The molecule has 21 heavy (non-hydrogen) atoms. The average molecular weight is 308 g/mol. The van der Waals surface area contributed by atoms with Crippen molar-refractivity contribution in [3.63, 3.8) is 0 Å². The quantitative estimate of drug-likeness (QED) is 0.876. The van der Waals surface area contributed by atoms with Gasteiger partial charge in [0.05, 0.1) is 16.2 Å². The highest BCUT2D eigenvalue weighted by Crippen LogP contribution is 2.13. The Balaban J connectivity index is 2.13. The lowest BCUT2D eigenvalue weighted by molar-refractivity contribution is 0.0696. The van der Waals surface area contributed by atoms with Crippen LogP contribution < -0.4 is 0 Å². The molecule has 7 heteroatoms. The van der Waals surface area contributed by atoms with Gasteiger partial charge in [-0.05, 0) is 24.3 Å². The third kappa shape index (κ3) is 3.49. The molecule has 0 atom stereocenters. The Bertz CT molecular complexity index is 733. The third-order valence-electron chi connectivity index (χ3n) is 3.18. The number of carboxylic acids is 1. The second kappa shape index (κ2) is 6.09. The number of carboxylic acid groups (broad SMARTS) is 1. The van der Waals surface area contributed by atoms with Crippen molar-refractivity contribution in [2.45, 2.75) is 24.8 Å². The number of carbonyl (C=O) groups is 1. The first-order valence-electron chi connectivity index (χ1n) is 6.50. The van der Waals surface area contributed by atoms with Crippen molar-refractivity contribution in [2.24, 2.45) is 0 Å². The van der Waals surface area contributed by atoms with E-state index in [2.05, 4.69) is 4.98 Å². The van der Waals surface area contributed by atoms with Crippen LogP contribution in [-0.2, 0) is 22.8 Å². The molecular formula is C14H16N2O4S. The van der Waals surface area contributed by atoms with Crippen molar-refractivity contribution >= 4 is 15.8 Å². The standard InChI is InChI=1S/C14H16N2O4S/c1-2-13-15-7-8-16(13)9-10-21(19,20)12-5-3-11(4-6-12)14(17)18/h3-8H,2,9-10H2,1H3,(H,17,18). The van der Waals surface area contributed by atoms with Crippen molar-refractivity contribution in [1.29, 1.82) is 0 Å². The van der Waals surface area contributed by atoms with Crippen LogP contribution in [0, 0.1) is 0 Å². The second-order valence-electron chi connectivity index (χ2n) is 4.54. The van der Waals surface area contributed by atoms with Gasteiger partial charge in [0.15, 0.2) is 9.84 Å². The van der Waals surface area contributed by atoms with Crippen LogP contribution in [0.2, 0.25) is 0 Å². The summed E-state index contributed by atoms with van der Waals surface area (Å²) in [5.41, 5.74) is 0.0665. The molecule has 2 aromatic rings. The Hall–Kier alpha value is -2.15. The van der Waals surface area contributed by atoms with Crippen LogP contribution in [0.25, 0.3) is 0 Å². The van der Waals surface area contributed by atoms with E-state index in [1.165, 1.54) is 24.3 Å². The Labute approximate surface area is 123 Å². The molecule has 0 unspecified atom stereocenters. The van der Waals surface area contributed by atoms with Gasteiger partial charge in [0, 0.05) is 25.4 Å². The molecule has 0 amide bonds. The van der Waals surface area contributed by atoms with Gasteiger partial charge in [-0.3, -0.25) is 0 Å². The Morgan fingerprint density at radius 3 is 2.52 bits per heavy atom. The highest BCUT2D eigenvalue weighted by atomic mass is 32.2. The first kappa shape index (κ1) is 15.2. The molecule has 1 heterocycles. The fourth-order valence-corrected chi connectivity index (χ4v) is 3.22. The number of rotatable bonds is 6. The lowest BCUT2D eigenvalue weighted by Crippen LogP contribution is -2.14. The summed E-state index contributed by atoms with van der Waals surface area (Å²) in [6, 6.07) is 5.24. The summed E-state index contributed by atoms with van der Waals surface area (Å²) >= 11 is 0. The summed E-state index contributed by atoms with van der Waals surface area (Å²) in [6.45, 7) is 2.28. The molecule has 0 radical (unpaired) electrons. The van der Waals surface area contributed by atoms with E-state index in [9.17, 15) is 13.2 Å². The van der Waals surface area contributed by atoms with Gasteiger partial charge in [0.1, 0.15) is 5.82 Å². The van der Waals surface area contributed by atoms with Crippen molar-refractivity contribution in [3.8, 4) is 0 Å². The number of nitrogens with zero attached hydrogens (tertiary/aromatic N) is 2. The minimum absolute atomic E-state index is 0.0528. The molecule has 1 N–H and O–H groups in total. The molecule has 1 aromatic heterocycles. The highest BCUT2D eigenvalue weighted by Gasteiger charge is 2.16. The van der Waals surface area contributed by atoms with Crippen LogP contribution >= 0.6 is 0 Å². The molecule has 2 rings (SSSR count). The zero-order valence-electron chi connectivity index (χ0n) is 11.6. The Kier molecular flexibility index (Phi) is 4.42. The molecule has 0 aliphatic carbocycles. The molecule has 0 aliphatic rings. The SMILES string of the molecule is CCc1nccn1CCS(=O)(=O)c1ccc(C(=O)O)cc1. The number of aryl methyl sites for hydroxylation is 2. The largest absolute Gasteiger partial charge is 0.478 e. The van der Waals surface area contributed by atoms with E-state index in [-0.39, 0.29) is 16.2 Å². The van der Waals surface area contributed by atoms with Crippen molar-refractivity contribution in [1.82, 2.24) is 9.55 Å². The van der Waals surface area contributed by atoms with Crippen molar-refractivity contribution < 1.29 is 18.3 Å². The lowest BCUT2D eigenvalue weighted by atomic mass is 10.2. The van der Waals surface area contributed by atoms with Gasteiger partial charge in [0.25, 0.3) is 0 Å². The zero-order valence-corrected chi connectivity index (χ0v) is 12.4. The Morgan fingerprint density at radius 2 is 1.95 bits per heavy atom. The fraction of sp³-hybridized carbons (Fsp3) is 0.286. The van der Waals surface area contributed by atoms with Crippen molar-refractivity contribution in [3.05, 3.63) is 48.0 Å². The highest BCUT2D eigenvalue weighted by molar-refractivity contribution is 7.91. The van der Waals surface area contributed by atoms with Crippen molar-refractivity contribution in [2.75, 3.05) is 5.75 Å². The number of benzene rings is 1. The van der Waals surface area contributed by atoms with E-state index >= 15 is 0 Å². The zero-order chi connectivity index (χ0) is 15.5. The normalized spacial score (nSPS) is 11.5. The molecule has 0 aliphatic heterocycles. The number of sulfone groups is 1. The summed E-state index contributed by atoms with van der Waals surface area (Å²) in [5, 5.41) is 8.80. The van der Waals surface area contributed by atoms with Crippen LogP contribution in [0.4, 0.5) is 0 Å². The smallest absolute Gasteiger partial charge is 0.335 e. The average Bonchev–Trinajstić information content (AvgIpc) is 2.93. The monoisotopic (exact) mass is 308 g/mol. The van der Waals surface area contributed by atoms with Crippen LogP contribution in [0.5, 0.6) is 0 Å². The maximum Gasteiger partial charge on any atom is 0.335 e. The third-order valence-corrected chi connectivity index (χ3v) is 4.89. The van der Waals surface area contributed by atoms with E-state index in [0.717, 1.165) is 12.2 Å². The minimum Gasteiger partial charge on any atom is -0.478 e. The van der Waals surface area contributed by atoms with Crippen LogP contribution in [0.3, 0.4) is 0 Å². The van der Waals surface area contributed by atoms with Crippen LogP contribution in [-0.4, -0.2) is 34.8 Å². The number of hydrogen-bond acceptors (Lipinski definition) is 4. The molecule has 0 fully saturated rings. The topological polar surface area (TPSA) is 89.3 Å². The van der Waals surface area contributed by atoms with Gasteiger partial charge in [-0.25, -0.2) is 18.2 Å². The fourth-order valence-electron chi connectivity index (χ4n) is 2.00. The van der Waals surface area contributed by atoms with Gasteiger partial charge in [-0.15, -0.1) is 0 Å². The van der Waals surface area contributed by atoms with Gasteiger partial charge in [-0.1, -0.05) is 6.92 Å². The molecule has 112 valence electrons.